The van der Waals surface area contributed by atoms with Crippen molar-refractivity contribution in [2.24, 2.45) is 15.2 Å². The van der Waals surface area contributed by atoms with E-state index in [4.69, 9.17) is 0 Å². The van der Waals surface area contributed by atoms with Gasteiger partial charge in [0.25, 0.3) is 0 Å². The van der Waals surface area contributed by atoms with Crippen LogP contribution in [0.4, 0.5) is 18.9 Å². The van der Waals surface area contributed by atoms with Crippen LogP contribution in [0, 0.1) is 0 Å². The Kier molecular flexibility index (Phi) is 2.36. The van der Waals surface area contributed by atoms with Gasteiger partial charge in [-0.05, 0) is 18.3 Å². The molecule has 3 nitrogen and oxygen atoms in total. The van der Waals surface area contributed by atoms with Crippen LogP contribution >= 0.6 is 12.2 Å². The van der Waals surface area contributed by atoms with Crippen molar-refractivity contribution in [2.75, 3.05) is 0 Å². The lowest BCUT2D eigenvalue weighted by molar-refractivity contribution is -0.166. The maximum Gasteiger partial charge on any atom is 0.442 e. The number of benzene rings is 1. The lowest BCUT2D eigenvalue weighted by Gasteiger charge is -2.15. The lowest BCUT2D eigenvalue weighted by atomic mass is 10.0. The largest absolute Gasteiger partial charge is 0.442 e. The summed E-state index contributed by atoms with van der Waals surface area (Å²) in [6, 6.07) is 5.71. The molecule has 0 radical (unpaired) electrons. The Morgan fingerprint density at radius 1 is 1.25 bits per heavy atom. The number of halogens is 3. The number of rotatable bonds is 2. The molecule has 0 saturated heterocycles. The van der Waals surface area contributed by atoms with Crippen LogP contribution in [0.25, 0.3) is 0 Å². The quantitative estimate of drug-likeness (QED) is 0.577. The van der Waals surface area contributed by atoms with Crippen LogP contribution < -0.4 is 0 Å². The molecule has 0 aliphatic carbocycles. The summed E-state index contributed by atoms with van der Waals surface area (Å²) in [7, 11) is 0. The zero-order valence-electron chi connectivity index (χ0n) is 7.69. The van der Waals surface area contributed by atoms with E-state index in [1.807, 2.05) is 5.16 Å². The van der Waals surface area contributed by atoms with Crippen molar-refractivity contribution >= 4 is 23.1 Å². The van der Waals surface area contributed by atoms with Crippen molar-refractivity contribution in [3.05, 3.63) is 29.8 Å². The van der Waals surface area contributed by atoms with E-state index in [1.165, 1.54) is 18.2 Å². The molecule has 0 spiro atoms. The minimum Gasteiger partial charge on any atom is -0.194 e. The average Bonchev–Trinajstić information content (AvgIpc) is 2.99. The van der Waals surface area contributed by atoms with Gasteiger partial charge in [0.15, 0.2) is 0 Å². The third-order valence-electron chi connectivity index (χ3n) is 2.14. The third-order valence-corrected chi connectivity index (χ3v) is 2.23. The zero-order chi connectivity index (χ0) is 11.8. The van der Waals surface area contributed by atoms with Gasteiger partial charge in [-0.25, -0.2) is 0 Å². The van der Waals surface area contributed by atoms with Crippen LogP contribution in [0.5, 0.6) is 0 Å². The first-order valence-electron chi connectivity index (χ1n) is 4.19. The van der Waals surface area contributed by atoms with Crippen molar-refractivity contribution < 1.29 is 13.2 Å². The van der Waals surface area contributed by atoms with Crippen LogP contribution in [0.1, 0.15) is 5.56 Å². The van der Waals surface area contributed by atoms with Gasteiger partial charge in [0, 0.05) is 5.56 Å². The van der Waals surface area contributed by atoms with Crippen LogP contribution in [0.2, 0.25) is 0 Å². The number of hydrogen-bond donors (Lipinski definition) is 0. The van der Waals surface area contributed by atoms with Gasteiger partial charge in [0.2, 0.25) is 0 Å². The van der Waals surface area contributed by atoms with Crippen LogP contribution in [0.15, 0.2) is 39.5 Å². The highest BCUT2D eigenvalue weighted by atomic mass is 32.1. The van der Waals surface area contributed by atoms with Gasteiger partial charge in [-0.3, -0.25) is 0 Å². The van der Waals surface area contributed by atoms with E-state index in [0.29, 0.717) is 0 Å². The summed E-state index contributed by atoms with van der Waals surface area (Å²) in [5, 5.41) is 8.23. The van der Waals surface area contributed by atoms with E-state index in [1.54, 1.807) is 6.07 Å². The monoisotopic (exact) mass is 243 g/mol. The van der Waals surface area contributed by atoms with E-state index < -0.39 is 11.8 Å². The number of aliphatic imine (C=N–C) groups is 1. The summed E-state index contributed by atoms with van der Waals surface area (Å²) < 4.78 is 38.2. The Labute approximate surface area is 93.7 Å². The highest BCUT2D eigenvalue weighted by molar-refractivity contribution is 7.78. The second-order valence-electron chi connectivity index (χ2n) is 3.09. The highest BCUT2D eigenvalue weighted by Crippen LogP contribution is 2.54. The Morgan fingerprint density at radius 3 is 2.38 bits per heavy atom. The first-order valence-corrected chi connectivity index (χ1v) is 4.60. The molecule has 1 aliphatic rings. The summed E-state index contributed by atoms with van der Waals surface area (Å²) in [6.07, 6.45) is -4.56. The number of isothiocyanates is 1. The second-order valence-corrected chi connectivity index (χ2v) is 3.27. The molecule has 0 amide bonds. The van der Waals surface area contributed by atoms with E-state index in [9.17, 15) is 13.2 Å². The summed E-state index contributed by atoms with van der Waals surface area (Å²) in [5.41, 5.74) is -2.50. The zero-order valence-corrected chi connectivity index (χ0v) is 8.51. The molecule has 0 N–H and O–H groups in total. The molecule has 0 aromatic heterocycles. The lowest BCUT2D eigenvalue weighted by Crippen LogP contribution is -2.30. The van der Waals surface area contributed by atoms with Crippen molar-refractivity contribution in [1.82, 2.24) is 0 Å². The van der Waals surface area contributed by atoms with Crippen molar-refractivity contribution in [2.45, 2.75) is 11.8 Å². The fraction of sp³-hybridized carbons (Fsp3) is 0.222. The predicted molar refractivity (Wildman–Crippen MR) is 53.7 cm³/mol. The molecule has 0 saturated carbocycles. The van der Waals surface area contributed by atoms with Gasteiger partial charge in [0.1, 0.15) is 0 Å². The number of alkyl halides is 3. The molecule has 0 bridgehead atoms. The molecule has 16 heavy (non-hydrogen) atoms. The van der Waals surface area contributed by atoms with Gasteiger partial charge in [-0.15, -0.1) is 10.2 Å². The summed E-state index contributed by atoms with van der Waals surface area (Å²) in [5.74, 6) is 0. The maximum absolute atomic E-state index is 12.7. The van der Waals surface area contributed by atoms with Gasteiger partial charge in [-0.1, -0.05) is 18.2 Å². The molecule has 1 heterocycles. The fourth-order valence-electron chi connectivity index (χ4n) is 1.34. The number of thiocarbonyl (C=S) groups is 1. The van der Waals surface area contributed by atoms with Gasteiger partial charge >= 0.3 is 11.8 Å². The van der Waals surface area contributed by atoms with Gasteiger partial charge in [0.05, 0.1) is 10.8 Å². The molecule has 1 aliphatic heterocycles. The van der Waals surface area contributed by atoms with Crippen LogP contribution in [0.3, 0.4) is 0 Å². The third kappa shape index (κ3) is 1.54. The number of nitrogens with zero attached hydrogens (tertiary/aromatic N) is 3. The smallest absolute Gasteiger partial charge is 0.194 e. The Hall–Kier alpha value is -1.59. The van der Waals surface area contributed by atoms with E-state index >= 15 is 0 Å². The van der Waals surface area contributed by atoms with Gasteiger partial charge in [-0.2, -0.15) is 18.2 Å². The summed E-state index contributed by atoms with van der Waals surface area (Å²) in [6.45, 7) is 0. The molecule has 0 unspecified atom stereocenters. The molecule has 82 valence electrons. The molecule has 1 aromatic rings. The first-order chi connectivity index (χ1) is 7.51. The van der Waals surface area contributed by atoms with Crippen molar-refractivity contribution in [1.29, 1.82) is 0 Å². The molecule has 1 aromatic carbocycles. The molecular formula is C9H4F3N3S. The molecule has 0 fully saturated rings. The normalized spacial score (nSPS) is 16.7. The fourth-order valence-corrected chi connectivity index (χ4v) is 1.44. The summed E-state index contributed by atoms with van der Waals surface area (Å²) in [4.78, 5) is 3.57. The SMILES string of the molecule is FC(F)(F)C1(c2ccccc2N=C=S)N=N1. The molecule has 0 atom stereocenters. The summed E-state index contributed by atoms with van der Waals surface area (Å²) >= 11 is 4.37. The van der Waals surface area contributed by atoms with Crippen LogP contribution in [-0.2, 0) is 5.66 Å². The van der Waals surface area contributed by atoms with E-state index in [2.05, 4.69) is 27.4 Å². The topological polar surface area (TPSA) is 37.1 Å². The Bertz CT molecular complexity index is 497. The predicted octanol–water partition coefficient (Wildman–Crippen LogP) is 3.60. The number of hydrogen-bond acceptors (Lipinski definition) is 4. The van der Waals surface area contributed by atoms with E-state index in [0.717, 1.165) is 0 Å². The highest BCUT2D eigenvalue weighted by Gasteiger charge is 2.66. The molecule has 2 rings (SSSR count). The molecular weight excluding hydrogens is 239 g/mol. The Morgan fingerprint density at radius 2 is 1.88 bits per heavy atom. The maximum atomic E-state index is 12.7. The first kappa shape index (κ1) is 10.9. The number of para-hydroxylation sites is 1. The van der Waals surface area contributed by atoms with E-state index in [-0.39, 0.29) is 11.3 Å². The molecule has 7 heteroatoms. The standard InChI is InChI=1S/C9H4F3N3S/c10-9(11,12)8(14-15-8)6-3-1-2-4-7(6)13-5-16/h1-4H. The van der Waals surface area contributed by atoms with Crippen molar-refractivity contribution in [3.8, 4) is 0 Å². The minimum absolute atomic E-state index is 0.0832. The average molecular weight is 243 g/mol. The minimum atomic E-state index is -4.56. The van der Waals surface area contributed by atoms with Crippen molar-refractivity contribution in [3.63, 3.8) is 0 Å². The van der Waals surface area contributed by atoms with Gasteiger partial charge < -0.3 is 0 Å². The Balaban J connectivity index is 2.53. The second kappa shape index (κ2) is 3.47. The van der Waals surface area contributed by atoms with Crippen LogP contribution in [-0.4, -0.2) is 11.3 Å².